The van der Waals surface area contributed by atoms with Crippen LogP contribution in [0.4, 0.5) is 10.2 Å². The highest BCUT2D eigenvalue weighted by Crippen LogP contribution is 2.11. The Morgan fingerprint density at radius 2 is 2.10 bits per heavy atom. The van der Waals surface area contributed by atoms with Crippen LogP contribution in [0.2, 0.25) is 0 Å². The molecule has 0 spiro atoms. The van der Waals surface area contributed by atoms with E-state index < -0.39 is 5.82 Å². The lowest BCUT2D eigenvalue weighted by Gasteiger charge is -1.92. The lowest BCUT2D eigenvalue weighted by molar-refractivity contribution is 0.626. The maximum atomic E-state index is 12.3. The summed E-state index contributed by atoms with van der Waals surface area (Å²) in [5.41, 5.74) is 5.10. The Labute approximate surface area is 72.2 Å². The number of hydrogen-bond donors (Lipinski definition) is 1. The quantitative estimate of drug-likeness (QED) is 0.689. The normalized spacial score (nSPS) is 8.60. The zero-order valence-corrected chi connectivity index (χ0v) is 7.25. The molecule has 0 radical (unpaired) electrons. The summed E-state index contributed by atoms with van der Waals surface area (Å²) in [5, 5.41) is 0. The molecule has 0 aliphatic rings. The van der Waals surface area contributed by atoms with Crippen LogP contribution in [0, 0.1) is 5.82 Å². The summed E-state index contributed by atoms with van der Waals surface area (Å²) in [6.45, 7) is 0. The number of nitrogens with two attached hydrogens (primary N) is 1. The summed E-state index contributed by atoms with van der Waals surface area (Å²) in [4.78, 5) is 3.59. The van der Waals surface area contributed by atoms with Gasteiger partial charge >= 0.3 is 0 Å². The number of aromatic nitrogens is 1. The van der Waals surface area contributed by atoms with Crippen molar-refractivity contribution in [2.75, 3.05) is 5.73 Å². The minimum absolute atomic E-state index is 0. The van der Waals surface area contributed by atoms with Crippen LogP contribution in [-0.2, 0) is 0 Å². The summed E-state index contributed by atoms with van der Waals surface area (Å²) in [6.07, 6.45) is 0. The molecule has 0 aliphatic carbocycles. The average Bonchev–Trinajstić information content (AvgIpc) is 1.80. The first-order chi connectivity index (χ1) is 4.20. The van der Waals surface area contributed by atoms with Gasteiger partial charge in [-0.15, -0.1) is 12.4 Å². The summed E-state index contributed by atoms with van der Waals surface area (Å²) in [6, 6.07) is 2.75. The Bertz CT molecular complexity index is 231. The van der Waals surface area contributed by atoms with Crippen LogP contribution >= 0.6 is 28.3 Å². The van der Waals surface area contributed by atoms with Crippen LogP contribution in [0.1, 0.15) is 0 Å². The third kappa shape index (κ3) is 2.11. The van der Waals surface area contributed by atoms with E-state index >= 15 is 0 Å². The van der Waals surface area contributed by atoms with Crippen LogP contribution in [0.25, 0.3) is 0 Å². The molecule has 0 saturated carbocycles. The Balaban J connectivity index is 0.000000810. The average molecular weight is 227 g/mol. The van der Waals surface area contributed by atoms with Gasteiger partial charge in [0, 0.05) is 0 Å². The topological polar surface area (TPSA) is 38.9 Å². The number of hydrogen-bond acceptors (Lipinski definition) is 2. The molecule has 2 nitrogen and oxygen atoms in total. The molecule has 2 N–H and O–H groups in total. The molecule has 0 aromatic carbocycles. The third-order valence-electron chi connectivity index (χ3n) is 0.839. The van der Waals surface area contributed by atoms with Crippen molar-refractivity contribution in [2.24, 2.45) is 0 Å². The Hall–Kier alpha value is -0.350. The van der Waals surface area contributed by atoms with Crippen molar-refractivity contribution in [1.29, 1.82) is 0 Å². The Morgan fingerprint density at radius 1 is 1.50 bits per heavy atom. The number of nitrogen functional groups attached to an aromatic ring is 1. The molecule has 5 heteroatoms. The summed E-state index contributed by atoms with van der Waals surface area (Å²) >= 11 is 3.04. The maximum absolute atomic E-state index is 12.3. The van der Waals surface area contributed by atoms with Gasteiger partial charge in [0.2, 0.25) is 0 Å². The molecular weight excluding hydrogens is 222 g/mol. The van der Waals surface area contributed by atoms with Crippen molar-refractivity contribution in [3.63, 3.8) is 0 Å². The van der Waals surface area contributed by atoms with Crippen LogP contribution in [0.5, 0.6) is 0 Å². The Kier molecular flexibility index (Phi) is 3.60. The highest BCUT2D eigenvalue weighted by molar-refractivity contribution is 9.10. The predicted molar refractivity (Wildman–Crippen MR) is 43.6 cm³/mol. The fraction of sp³-hybridized carbons (Fsp3) is 0. The first-order valence-corrected chi connectivity index (χ1v) is 3.07. The molecule has 10 heavy (non-hydrogen) atoms. The van der Waals surface area contributed by atoms with E-state index in [9.17, 15) is 4.39 Å². The monoisotopic (exact) mass is 226 g/mol. The molecule has 0 saturated heterocycles. The van der Waals surface area contributed by atoms with E-state index in [2.05, 4.69) is 20.9 Å². The molecule has 0 unspecified atom stereocenters. The van der Waals surface area contributed by atoms with E-state index in [0.717, 1.165) is 0 Å². The first kappa shape index (κ1) is 9.65. The molecule has 1 heterocycles. The molecule has 0 fully saturated rings. The highest BCUT2D eigenvalue weighted by atomic mass is 79.9. The summed E-state index contributed by atoms with van der Waals surface area (Å²) in [5.74, 6) is -0.567. The molecule has 1 aromatic heterocycles. The first-order valence-electron chi connectivity index (χ1n) is 2.27. The second-order valence-corrected chi connectivity index (χ2v) is 2.31. The van der Waals surface area contributed by atoms with Gasteiger partial charge in [-0.2, -0.15) is 0 Å². The van der Waals surface area contributed by atoms with E-state index in [1.807, 2.05) is 0 Å². The number of anilines is 1. The molecule has 1 rings (SSSR count). The second kappa shape index (κ2) is 3.73. The predicted octanol–water partition coefficient (Wildman–Crippen LogP) is 1.99. The van der Waals surface area contributed by atoms with Gasteiger partial charge < -0.3 is 5.73 Å². The highest BCUT2D eigenvalue weighted by Gasteiger charge is 1.96. The van der Waals surface area contributed by atoms with Crippen LogP contribution in [0.15, 0.2) is 16.7 Å². The van der Waals surface area contributed by atoms with Crippen LogP contribution < -0.4 is 5.73 Å². The van der Waals surface area contributed by atoms with Crippen molar-refractivity contribution in [3.8, 4) is 0 Å². The minimum atomic E-state index is -0.488. The Morgan fingerprint density at radius 3 is 2.50 bits per heavy atom. The number of rotatable bonds is 0. The molecule has 0 atom stereocenters. The van der Waals surface area contributed by atoms with Crippen molar-refractivity contribution >= 4 is 34.2 Å². The zero-order valence-electron chi connectivity index (χ0n) is 4.84. The zero-order chi connectivity index (χ0) is 6.85. The van der Waals surface area contributed by atoms with Crippen molar-refractivity contribution in [2.45, 2.75) is 0 Å². The number of halogens is 3. The van der Waals surface area contributed by atoms with Crippen molar-refractivity contribution in [3.05, 3.63) is 22.6 Å². The molecule has 56 valence electrons. The number of pyridine rings is 1. The van der Waals surface area contributed by atoms with E-state index in [0.29, 0.717) is 4.60 Å². The molecule has 0 aliphatic heterocycles. The maximum Gasteiger partial charge on any atom is 0.165 e. The minimum Gasteiger partial charge on any atom is -0.381 e. The van der Waals surface area contributed by atoms with E-state index in [-0.39, 0.29) is 18.2 Å². The van der Waals surface area contributed by atoms with Gasteiger partial charge in [0.05, 0.1) is 0 Å². The lowest BCUT2D eigenvalue weighted by Crippen LogP contribution is -1.93. The molecule has 0 amide bonds. The van der Waals surface area contributed by atoms with Gasteiger partial charge in [-0.1, -0.05) is 0 Å². The van der Waals surface area contributed by atoms with Gasteiger partial charge in [0.25, 0.3) is 0 Å². The van der Waals surface area contributed by atoms with Crippen LogP contribution in [0.3, 0.4) is 0 Å². The van der Waals surface area contributed by atoms with E-state index in [4.69, 9.17) is 5.73 Å². The fourth-order valence-corrected chi connectivity index (χ4v) is 0.756. The molecular formula is C5H5BrClFN2. The van der Waals surface area contributed by atoms with Gasteiger partial charge in [0.15, 0.2) is 11.6 Å². The van der Waals surface area contributed by atoms with Gasteiger partial charge in [-0.25, -0.2) is 9.37 Å². The fourth-order valence-electron chi connectivity index (χ4n) is 0.433. The standard InChI is InChI=1S/C5H4BrFN2.ClH/c6-4-2-1-3(7)5(8)9-4;/h1-2H,(H2,8,9);1H. The van der Waals surface area contributed by atoms with E-state index in [1.165, 1.54) is 12.1 Å². The largest absolute Gasteiger partial charge is 0.381 e. The lowest BCUT2D eigenvalue weighted by atomic mass is 10.4. The van der Waals surface area contributed by atoms with Gasteiger partial charge in [-0.05, 0) is 28.1 Å². The third-order valence-corrected chi connectivity index (χ3v) is 1.28. The van der Waals surface area contributed by atoms with Gasteiger partial charge in [0.1, 0.15) is 4.60 Å². The number of nitrogens with zero attached hydrogens (tertiary/aromatic N) is 1. The molecule has 0 bridgehead atoms. The second-order valence-electron chi connectivity index (χ2n) is 1.50. The van der Waals surface area contributed by atoms with Gasteiger partial charge in [-0.3, -0.25) is 0 Å². The summed E-state index contributed by atoms with van der Waals surface area (Å²) in [7, 11) is 0. The van der Waals surface area contributed by atoms with Crippen LogP contribution in [-0.4, -0.2) is 4.98 Å². The van der Waals surface area contributed by atoms with E-state index in [1.54, 1.807) is 0 Å². The summed E-state index contributed by atoms with van der Waals surface area (Å²) < 4.78 is 12.8. The molecule has 1 aromatic rings. The smallest absolute Gasteiger partial charge is 0.165 e. The van der Waals surface area contributed by atoms with Crippen molar-refractivity contribution in [1.82, 2.24) is 4.98 Å². The SMILES string of the molecule is Cl.Nc1nc(Br)ccc1F. The van der Waals surface area contributed by atoms with Crippen molar-refractivity contribution < 1.29 is 4.39 Å².